The van der Waals surface area contributed by atoms with Crippen LogP contribution in [-0.2, 0) is 33.2 Å². The van der Waals surface area contributed by atoms with Crippen LogP contribution in [-0.4, -0.2) is 116 Å². The zero-order chi connectivity index (χ0) is 45.6. The van der Waals surface area contributed by atoms with Crippen LogP contribution in [0.5, 0.6) is 28.7 Å². The summed E-state index contributed by atoms with van der Waals surface area (Å²) in [4.78, 5) is 14.0. The van der Waals surface area contributed by atoms with Crippen molar-refractivity contribution in [2.45, 2.75) is 147 Å². The summed E-state index contributed by atoms with van der Waals surface area (Å²) in [6, 6.07) is 6.65. The predicted molar refractivity (Wildman–Crippen MR) is 236 cm³/mol. The Kier molecular flexibility index (Phi) is 19.0. The number of ether oxygens (including phenoxy) is 11. The largest absolute Gasteiger partial charge is 0.493 e. The standard InChI is InChI=1S/C49H73F2NO12/c1-8-13-18-56-28-39-44(58-20-15-10-3)45(59-21-16-11-4)46(60-22-17-12-5)47(64-39)49(50,51)29-52-42-33-26-36-35(62-30-63-36)25-32(33)40(41-34(42)27-61-48(41)53)31-23-37(54-6)43(38(24-31)55-7)57-19-14-9-2/h23-26,34,39-42,44-47,52H,8-22,27-30H2,1-7H3/t34-,39+,40+,41-,42+,44+,45-,46+,47+/m0/s1. The Hall–Kier alpha value is -3.47. The molecule has 2 saturated heterocycles. The van der Waals surface area contributed by atoms with Gasteiger partial charge < -0.3 is 57.4 Å². The molecule has 1 N–H and O–H groups in total. The van der Waals surface area contributed by atoms with Crippen LogP contribution in [0.15, 0.2) is 24.3 Å². The van der Waals surface area contributed by atoms with Crippen molar-refractivity contribution in [1.29, 1.82) is 0 Å². The maximum absolute atomic E-state index is 17.5. The molecule has 0 amide bonds. The molecule has 1 aliphatic carbocycles. The molecule has 3 aliphatic heterocycles. The number of nitrogens with one attached hydrogen (secondary N) is 1. The summed E-state index contributed by atoms with van der Waals surface area (Å²) in [6.45, 7) is 11.6. The lowest BCUT2D eigenvalue weighted by Crippen LogP contribution is -2.67. The van der Waals surface area contributed by atoms with Gasteiger partial charge in [0, 0.05) is 44.3 Å². The fourth-order valence-electron chi connectivity index (χ4n) is 9.21. The third kappa shape index (κ3) is 11.5. The van der Waals surface area contributed by atoms with Crippen LogP contribution < -0.4 is 29.0 Å². The van der Waals surface area contributed by atoms with Gasteiger partial charge in [-0.05, 0) is 73.1 Å². The second kappa shape index (κ2) is 24.3. The van der Waals surface area contributed by atoms with Gasteiger partial charge in [-0.15, -0.1) is 0 Å². The van der Waals surface area contributed by atoms with E-state index in [1.807, 2.05) is 31.2 Å². The zero-order valence-electron chi connectivity index (χ0n) is 39.1. The molecule has 64 heavy (non-hydrogen) atoms. The average Bonchev–Trinajstić information content (AvgIpc) is 3.92. The number of cyclic esters (lactones) is 1. The summed E-state index contributed by atoms with van der Waals surface area (Å²) < 4.78 is 102. The quantitative estimate of drug-likeness (QED) is 0.0645. The number of hydrogen-bond donors (Lipinski definition) is 1. The molecule has 2 fully saturated rings. The Morgan fingerprint density at radius 1 is 0.703 bits per heavy atom. The summed E-state index contributed by atoms with van der Waals surface area (Å²) in [5.74, 6) is -3.45. The van der Waals surface area contributed by atoms with Gasteiger partial charge >= 0.3 is 5.97 Å². The molecule has 0 bridgehead atoms. The number of benzene rings is 2. The first kappa shape index (κ1) is 50.0. The van der Waals surface area contributed by atoms with Gasteiger partial charge in [-0.25, -0.2) is 8.78 Å². The first-order chi connectivity index (χ1) is 31.2. The van der Waals surface area contributed by atoms with Gasteiger partial charge in [0.25, 0.3) is 5.92 Å². The van der Waals surface area contributed by atoms with Crippen molar-refractivity contribution in [2.24, 2.45) is 11.8 Å². The molecular weight excluding hydrogens is 833 g/mol. The minimum absolute atomic E-state index is 0.00576. The van der Waals surface area contributed by atoms with E-state index in [2.05, 4.69) is 33.0 Å². The van der Waals surface area contributed by atoms with E-state index in [9.17, 15) is 4.79 Å². The molecule has 6 rings (SSSR count). The summed E-state index contributed by atoms with van der Waals surface area (Å²) in [7, 11) is 3.11. The maximum atomic E-state index is 17.5. The lowest BCUT2D eigenvalue weighted by molar-refractivity contribution is -0.304. The van der Waals surface area contributed by atoms with Crippen LogP contribution in [0.2, 0.25) is 0 Å². The SMILES string of the molecule is CCCCOC[C@H]1O[C@@H](C(F)(F)CN[C@@H]2c3cc4c(cc3[C@@H](c3cc(OC)c(OCCCC)c(OC)c3)[C@H]3C(=O)OC[C@@H]32)OCO4)[C@H](OCCCC)[C@@H](OCCCC)[C@@H]1OCCCC. The molecule has 9 atom stereocenters. The van der Waals surface area contributed by atoms with Crippen molar-refractivity contribution in [3.63, 3.8) is 0 Å². The van der Waals surface area contributed by atoms with Crippen molar-refractivity contribution in [2.75, 3.05) is 73.8 Å². The third-order valence-electron chi connectivity index (χ3n) is 12.7. The number of alkyl halides is 2. The minimum atomic E-state index is -3.50. The molecule has 2 aromatic carbocycles. The molecule has 13 nitrogen and oxygen atoms in total. The van der Waals surface area contributed by atoms with Crippen LogP contribution in [0, 0.1) is 11.8 Å². The molecule has 3 heterocycles. The van der Waals surface area contributed by atoms with Gasteiger partial charge in [0.15, 0.2) is 29.1 Å². The lowest BCUT2D eigenvalue weighted by atomic mass is 9.65. The van der Waals surface area contributed by atoms with E-state index in [-0.39, 0.29) is 26.6 Å². The van der Waals surface area contributed by atoms with Crippen LogP contribution in [0.3, 0.4) is 0 Å². The minimum Gasteiger partial charge on any atom is -0.493 e. The summed E-state index contributed by atoms with van der Waals surface area (Å²) in [6.07, 6.45) is 3.18. The molecule has 0 unspecified atom stereocenters. The van der Waals surface area contributed by atoms with Crippen LogP contribution in [0.4, 0.5) is 8.78 Å². The van der Waals surface area contributed by atoms with Gasteiger partial charge in [-0.2, -0.15) is 0 Å². The molecule has 0 aromatic heterocycles. The number of carbonyl (C=O) groups excluding carboxylic acids is 1. The first-order valence-corrected chi connectivity index (χ1v) is 23.8. The highest BCUT2D eigenvalue weighted by Crippen LogP contribution is 2.56. The number of rotatable bonds is 28. The molecule has 2 aromatic rings. The molecule has 0 spiro atoms. The van der Waals surface area contributed by atoms with Crippen LogP contribution in [0.25, 0.3) is 0 Å². The zero-order valence-corrected chi connectivity index (χ0v) is 39.1. The Bertz CT molecular complexity index is 1740. The van der Waals surface area contributed by atoms with Crippen LogP contribution >= 0.6 is 0 Å². The Labute approximate surface area is 378 Å². The molecule has 15 heteroatoms. The first-order valence-electron chi connectivity index (χ1n) is 23.8. The third-order valence-corrected chi connectivity index (χ3v) is 12.7. The predicted octanol–water partition coefficient (Wildman–Crippen LogP) is 8.95. The Morgan fingerprint density at radius 2 is 1.27 bits per heavy atom. The molecule has 0 radical (unpaired) electrons. The number of esters is 1. The van der Waals surface area contributed by atoms with Crippen molar-refractivity contribution >= 4 is 5.97 Å². The fraction of sp³-hybridized carbons (Fsp3) is 0.735. The lowest BCUT2D eigenvalue weighted by Gasteiger charge is -2.48. The second-order valence-corrected chi connectivity index (χ2v) is 17.3. The normalized spacial score (nSPS) is 26.1. The molecule has 4 aliphatic rings. The highest BCUT2D eigenvalue weighted by Gasteiger charge is 2.58. The van der Waals surface area contributed by atoms with E-state index >= 15 is 8.78 Å². The van der Waals surface area contributed by atoms with E-state index in [0.717, 1.165) is 57.8 Å². The number of unbranched alkanes of at least 4 members (excludes halogenated alkanes) is 5. The Morgan fingerprint density at radius 3 is 1.88 bits per heavy atom. The molecular formula is C49H73F2NO12. The summed E-state index contributed by atoms with van der Waals surface area (Å²) in [5.41, 5.74) is 2.12. The maximum Gasteiger partial charge on any atom is 0.310 e. The van der Waals surface area contributed by atoms with E-state index in [4.69, 9.17) is 52.1 Å². The number of fused-ring (bicyclic) bond motifs is 3. The highest BCUT2D eigenvalue weighted by atomic mass is 19.3. The number of methoxy groups -OCH3 is 2. The molecule has 0 saturated carbocycles. The van der Waals surface area contributed by atoms with Gasteiger partial charge in [0.1, 0.15) is 24.4 Å². The van der Waals surface area contributed by atoms with E-state index in [1.165, 1.54) is 0 Å². The van der Waals surface area contributed by atoms with Crippen LogP contribution in [0.1, 0.15) is 127 Å². The van der Waals surface area contributed by atoms with Gasteiger partial charge in [-0.3, -0.25) is 4.79 Å². The summed E-state index contributed by atoms with van der Waals surface area (Å²) >= 11 is 0. The Balaban J connectivity index is 1.37. The monoisotopic (exact) mass is 906 g/mol. The topological polar surface area (TPSA) is 131 Å². The van der Waals surface area contributed by atoms with Gasteiger partial charge in [0.05, 0.1) is 46.5 Å². The average molecular weight is 906 g/mol. The number of hydrogen-bond acceptors (Lipinski definition) is 13. The van der Waals surface area contributed by atoms with Crippen molar-refractivity contribution in [3.05, 3.63) is 41.0 Å². The van der Waals surface area contributed by atoms with Crippen molar-refractivity contribution < 1.29 is 65.7 Å². The van der Waals surface area contributed by atoms with Crippen molar-refractivity contribution in [3.8, 4) is 28.7 Å². The molecule has 360 valence electrons. The number of carbonyl (C=O) groups is 1. The smallest absolute Gasteiger partial charge is 0.310 e. The van der Waals surface area contributed by atoms with E-state index in [1.54, 1.807) is 14.2 Å². The van der Waals surface area contributed by atoms with Crippen molar-refractivity contribution in [1.82, 2.24) is 5.32 Å². The number of halogens is 2. The highest BCUT2D eigenvalue weighted by molar-refractivity contribution is 5.79. The van der Waals surface area contributed by atoms with Gasteiger partial charge in [-0.1, -0.05) is 66.7 Å². The fourth-order valence-corrected chi connectivity index (χ4v) is 9.21. The second-order valence-electron chi connectivity index (χ2n) is 17.3. The van der Waals surface area contributed by atoms with E-state index in [0.29, 0.717) is 78.3 Å². The summed E-state index contributed by atoms with van der Waals surface area (Å²) in [5, 5.41) is 3.25. The van der Waals surface area contributed by atoms with E-state index < -0.39 is 72.8 Å². The van der Waals surface area contributed by atoms with Gasteiger partial charge in [0.2, 0.25) is 12.5 Å².